The summed E-state index contributed by atoms with van der Waals surface area (Å²) in [6.45, 7) is 4.02. The lowest BCUT2D eigenvalue weighted by Gasteiger charge is -2.12. The van der Waals surface area contributed by atoms with Gasteiger partial charge in [-0.3, -0.25) is 4.79 Å². The number of benzene rings is 1. The summed E-state index contributed by atoms with van der Waals surface area (Å²) in [6, 6.07) is 3.90. The van der Waals surface area contributed by atoms with Crippen molar-refractivity contribution < 1.29 is 9.18 Å². The molecule has 0 fully saturated rings. The largest absolute Gasteiger partial charge is 0.321 e. The molecular weight excluding hydrogens is 241 g/mol. The Morgan fingerprint density at radius 2 is 2.12 bits per heavy atom. The molecule has 0 heterocycles. The van der Waals surface area contributed by atoms with Gasteiger partial charge in [-0.05, 0) is 30.0 Å². The molecule has 2 N–H and O–H groups in total. The van der Waals surface area contributed by atoms with Gasteiger partial charge in [0.2, 0.25) is 0 Å². The molecular formula is C13H17ClFNO. The molecule has 0 spiro atoms. The monoisotopic (exact) mass is 257 g/mol. The third-order valence-corrected chi connectivity index (χ3v) is 2.81. The van der Waals surface area contributed by atoms with E-state index in [0.29, 0.717) is 17.9 Å². The maximum Gasteiger partial charge on any atom is 0.153 e. The van der Waals surface area contributed by atoms with Gasteiger partial charge in [0.25, 0.3) is 0 Å². The molecule has 1 aromatic rings. The van der Waals surface area contributed by atoms with E-state index in [9.17, 15) is 9.18 Å². The molecule has 4 heteroatoms. The summed E-state index contributed by atoms with van der Waals surface area (Å²) in [5.41, 5.74) is 6.37. The number of halogens is 2. The van der Waals surface area contributed by atoms with E-state index >= 15 is 0 Å². The molecule has 0 saturated carbocycles. The molecule has 0 aliphatic rings. The maximum atomic E-state index is 13.2. The highest BCUT2D eigenvalue weighted by molar-refractivity contribution is 6.30. The third-order valence-electron chi connectivity index (χ3n) is 2.50. The lowest BCUT2D eigenvalue weighted by Crippen LogP contribution is -2.33. The molecule has 0 aliphatic carbocycles. The van der Waals surface area contributed by atoms with Gasteiger partial charge < -0.3 is 5.73 Å². The van der Waals surface area contributed by atoms with E-state index in [0.717, 1.165) is 0 Å². The first kappa shape index (κ1) is 14.1. The number of ketones is 1. The van der Waals surface area contributed by atoms with Crippen LogP contribution in [0.5, 0.6) is 0 Å². The third kappa shape index (κ3) is 4.44. The van der Waals surface area contributed by atoms with Gasteiger partial charge in [0.1, 0.15) is 5.82 Å². The molecule has 94 valence electrons. The highest BCUT2D eigenvalue weighted by Gasteiger charge is 2.15. The molecule has 0 aromatic heterocycles. The first-order valence-corrected chi connectivity index (χ1v) is 6.00. The first-order chi connectivity index (χ1) is 7.90. The van der Waals surface area contributed by atoms with Crippen LogP contribution in [0.3, 0.4) is 0 Å². The average Bonchev–Trinajstić information content (AvgIpc) is 2.22. The number of rotatable bonds is 5. The molecule has 2 nitrogen and oxygen atoms in total. The van der Waals surface area contributed by atoms with Crippen molar-refractivity contribution in [2.24, 2.45) is 11.7 Å². The van der Waals surface area contributed by atoms with Crippen molar-refractivity contribution in [1.82, 2.24) is 0 Å². The molecule has 0 amide bonds. The second-order valence-electron chi connectivity index (χ2n) is 4.63. The molecule has 1 rings (SSSR count). The van der Waals surface area contributed by atoms with E-state index in [1.807, 2.05) is 13.8 Å². The lowest BCUT2D eigenvalue weighted by atomic mass is 9.97. The molecule has 0 saturated heterocycles. The Labute approximate surface area is 106 Å². The Morgan fingerprint density at radius 1 is 1.47 bits per heavy atom. The zero-order valence-corrected chi connectivity index (χ0v) is 10.8. The van der Waals surface area contributed by atoms with Gasteiger partial charge in [0.15, 0.2) is 5.78 Å². The second kappa shape index (κ2) is 6.12. The van der Waals surface area contributed by atoms with Gasteiger partial charge in [-0.1, -0.05) is 31.5 Å². The molecule has 17 heavy (non-hydrogen) atoms. The highest BCUT2D eigenvalue weighted by atomic mass is 35.5. The number of hydrogen-bond donors (Lipinski definition) is 1. The molecule has 1 unspecified atom stereocenters. The lowest BCUT2D eigenvalue weighted by molar-refractivity contribution is -0.120. The van der Waals surface area contributed by atoms with Crippen LogP contribution in [0.25, 0.3) is 0 Å². The van der Waals surface area contributed by atoms with Crippen LogP contribution in [0.4, 0.5) is 4.39 Å². The number of hydrogen-bond acceptors (Lipinski definition) is 2. The minimum atomic E-state index is -0.505. The minimum Gasteiger partial charge on any atom is -0.321 e. The molecule has 0 bridgehead atoms. The fraction of sp³-hybridized carbons (Fsp3) is 0.462. The standard InChI is InChI=1S/C13H17ClFNO/c1-8(2)5-12(16)13(17)7-9-3-4-10(14)11(15)6-9/h3-4,6,8,12H,5,7,16H2,1-2H3. The van der Waals surface area contributed by atoms with Crippen LogP contribution in [-0.2, 0) is 11.2 Å². The van der Waals surface area contributed by atoms with Crippen molar-refractivity contribution in [1.29, 1.82) is 0 Å². The van der Waals surface area contributed by atoms with Crippen LogP contribution in [-0.4, -0.2) is 11.8 Å². The smallest absolute Gasteiger partial charge is 0.153 e. The van der Waals surface area contributed by atoms with Crippen LogP contribution in [0, 0.1) is 11.7 Å². The van der Waals surface area contributed by atoms with Crippen molar-refractivity contribution in [2.45, 2.75) is 32.7 Å². The van der Waals surface area contributed by atoms with Crippen molar-refractivity contribution in [3.8, 4) is 0 Å². The van der Waals surface area contributed by atoms with Crippen molar-refractivity contribution in [3.63, 3.8) is 0 Å². The van der Waals surface area contributed by atoms with Gasteiger partial charge in [0.05, 0.1) is 11.1 Å². The highest BCUT2D eigenvalue weighted by Crippen LogP contribution is 2.16. The van der Waals surface area contributed by atoms with Crippen molar-refractivity contribution in [3.05, 3.63) is 34.6 Å². The SMILES string of the molecule is CC(C)CC(N)C(=O)Cc1ccc(Cl)c(F)c1. The Bertz CT molecular complexity index is 406. The van der Waals surface area contributed by atoms with Crippen LogP contribution in [0.15, 0.2) is 18.2 Å². The van der Waals surface area contributed by atoms with Gasteiger partial charge in [-0.2, -0.15) is 0 Å². The van der Waals surface area contributed by atoms with E-state index in [2.05, 4.69) is 0 Å². The van der Waals surface area contributed by atoms with E-state index in [1.54, 1.807) is 6.07 Å². The van der Waals surface area contributed by atoms with Crippen LogP contribution >= 0.6 is 11.6 Å². The summed E-state index contributed by atoms with van der Waals surface area (Å²) in [7, 11) is 0. The average molecular weight is 258 g/mol. The molecule has 1 atom stereocenters. The summed E-state index contributed by atoms with van der Waals surface area (Å²) in [5, 5.41) is 0.0627. The predicted octanol–water partition coefficient (Wildman–Crippen LogP) is 2.96. The topological polar surface area (TPSA) is 43.1 Å². The first-order valence-electron chi connectivity index (χ1n) is 5.62. The van der Waals surface area contributed by atoms with E-state index in [-0.39, 0.29) is 17.2 Å². The fourth-order valence-corrected chi connectivity index (χ4v) is 1.74. The van der Waals surface area contributed by atoms with Gasteiger partial charge in [0, 0.05) is 6.42 Å². The summed E-state index contributed by atoms with van der Waals surface area (Å²) < 4.78 is 13.2. The van der Waals surface area contributed by atoms with Crippen LogP contribution in [0.2, 0.25) is 5.02 Å². The maximum absolute atomic E-state index is 13.2. The van der Waals surface area contributed by atoms with Gasteiger partial charge >= 0.3 is 0 Å². The summed E-state index contributed by atoms with van der Waals surface area (Å²) >= 11 is 5.56. The van der Waals surface area contributed by atoms with E-state index in [1.165, 1.54) is 12.1 Å². The number of carbonyl (C=O) groups excluding carboxylic acids is 1. The van der Waals surface area contributed by atoms with Crippen LogP contribution in [0.1, 0.15) is 25.8 Å². The zero-order chi connectivity index (χ0) is 13.0. The minimum absolute atomic E-state index is 0.0627. The van der Waals surface area contributed by atoms with Crippen molar-refractivity contribution in [2.75, 3.05) is 0 Å². The normalized spacial score (nSPS) is 12.8. The Morgan fingerprint density at radius 3 is 2.65 bits per heavy atom. The van der Waals surface area contributed by atoms with E-state index < -0.39 is 11.9 Å². The molecule has 0 aliphatic heterocycles. The number of carbonyl (C=O) groups is 1. The second-order valence-corrected chi connectivity index (χ2v) is 5.03. The molecule has 1 aromatic carbocycles. The number of Topliss-reactive ketones (excluding diaryl/α,β-unsaturated/α-hetero) is 1. The Balaban J connectivity index is 2.64. The number of nitrogens with two attached hydrogens (primary N) is 1. The van der Waals surface area contributed by atoms with Gasteiger partial charge in [-0.15, -0.1) is 0 Å². The summed E-state index contributed by atoms with van der Waals surface area (Å²) in [5.74, 6) is -0.203. The quantitative estimate of drug-likeness (QED) is 0.881. The van der Waals surface area contributed by atoms with E-state index in [4.69, 9.17) is 17.3 Å². The summed E-state index contributed by atoms with van der Waals surface area (Å²) in [6.07, 6.45) is 0.802. The fourth-order valence-electron chi connectivity index (χ4n) is 1.62. The zero-order valence-electron chi connectivity index (χ0n) is 10.0. The summed E-state index contributed by atoms with van der Waals surface area (Å²) in [4.78, 5) is 11.8. The molecule has 0 radical (unpaired) electrons. The van der Waals surface area contributed by atoms with Gasteiger partial charge in [-0.25, -0.2) is 4.39 Å². The van der Waals surface area contributed by atoms with Crippen LogP contribution < -0.4 is 5.73 Å². The van der Waals surface area contributed by atoms with Crippen molar-refractivity contribution >= 4 is 17.4 Å². The Kier molecular flexibility index (Phi) is 5.09. The predicted molar refractivity (Wildman–Crippen MR) is 67.6 cm³/mol. The Hall–Kier alpha value is -0.930.